The monoisotopic (exact) mass is 1060 g/mol. The number of fused-ring (bicyclic) bond motifs is 12. The SMILES string of the molecule is CC(=O)OCC(=O)C1(OOC2(C(=O)COC(C)=O)C(C)CC3C4C=C(C)C5=Cc6c(cnn6-c6ccccc6)CC5(C)C4C(O)CC32C)C(C)CC2C3C=C(C)C4=Cc5c(cnn5-c5ccccc5)CC4(C)C3C(O)CC21C. The number of aromatic nitrogens is 4. The Morgan fingerprint density at radius 3 is 1.33 bits per heavy atom. The molecule has 0 bridgehead atoms. The summed E-state index contributed by atoms with van der Waals surface area (Å²) in [6, 6.07) is 20.2. The van der Waals surface area contributed by atoms with Crippen LogP contribution < -0.4 is 0 Å². The van der Waals surface area contributed by atoms with Crippen LogP contribution in [0.2, 0.25) is 0 Å². The highest BCUT2D eigenvalue weighted by Gasteiger charge is 2.76. The van der Waals surface area contributed by atoms with Gasteiger partial charge in [0.1, 0.15) is 0 Å². The largest absolute Gasteiger partial charge is 0.458 e. The number of Topliss-reactive ketones (excluding diaryl/α,β-unsaturated/α-hetero) is 2. The molecule has 2 heterocycles. The topological polar surface area (TPSA) is 181 Å². The van der Waals surface area contributed by atoms with Crippen molar-refractivity contribution in [3.05, 3.63) is 130 Å². The first-order chi connectivity index (χ1) is 37.0. The van der Waals surface area contributed by atoms with Gasteiger partial charge in [-0.1, -0.05) is 101 Å². The van der Waals surface area contributed by atoms with E-state index in [1.807, 2.05) is 110 Å². The molecule has 16 atom stereocenters. The number of ether oxygens (including phenoxy) is 2. The highest BCUT2D eigenvalue weighted by molar-refractivity contribution is 5.93. The van der Waals surface area contributed by atoms with E-state index in [1.54, 1.807) is 0 Å². The molecule has 12 rings (SSSR count). The van der Waals surface area contributed by atoms with Crippen LogP contribution in [-0.2, 0) is 51.3 Å². The minimum Gasteiger partial charge on any atom is -0.458 e. The number of carbonyl (C=O) groups excluding carboxylic acids is 4. The van der Waals surface area contributed by atoms with Crippen molar-refractivity contribution < 1.29 is 48.6 Å². The summed E-state index contributed by atoms with van der Waals surface area (Å²) in [5.41, 5.74) is 3.74. The number of hydrogen-bond donors (Lipinski definition) is 2. The summed E-state index contributed by atoms with van der Waals surface area (Å²) >= 11 is 0. The average Bonchev–Trinajstić information content (AvgIpc) is 2.76. The lowest BCUT2D eigenvalue weighted by atomic mass is 9.46. The number of nitrogens with zero attached hydrogens (tertiary/aromatic N) is 4. The quantitative estimate of drug-likeness (QED) is 0.0826. The van der Waals surface area contributed by atoms with Crippen LogP contribution in [0.15, 0.2) is 108 Å². The van der Waals surface area contributed by atoms with Crippen LogP contribution in [0.1, 0.15) is 117 Å². The lowest BCUT2D eigenvalue weighted by molar-refractivity contribution is -0.438. The van der Waals surface area contributed by atoms with Crippen molar-refractivity contribution in [2.75, 3.05) is 13.2 Å². The fourth-order valence-corrected chi connectivity index (χ4v) is 18.6. The number of hydrogen-bond acceptors (Lipinski definition) is 12. The Balaban J connectivity index is 0.927. The maximum atomic E-state index is 15.6. The maximum absolute atomic E-state index is 15.6. The van der Waals surface area contributed by atoms with Crippen LogP contribution >= 0.6 is 0 Å². The molecule has 0 amide bonds. The van der Waals surface area contributed by atoms with Crippen LogP contribution in [0.4, 0.5) is 0 Å². The fraction of sp³-hybridized carbons (Fsp3) is 0.531. The lowest BCUT2D eigenvalue weighted by Gasteiger charge is -2.61. The van der Waals surface area contributed by atoms with Gasteiger partial charge in [0.05, 0.1) is 47.4 Å². The summed E-state index contributed by atoms with van der Waals surface area (Å²) in [5, 5.41) is 35.7. The van der Waals surface area contributed by atoms with E-state index in [4.69, 9.17) is 29.4 Å². The van der Waals surface area contributed by atoms with E-state index in [1.165, 1.54) is 13.8 Å². The van der Waals surface area contributed by atoms with Crippen molar-refractivity contribution in [1.29, 1.82) is 0 Å². The van der Waals surface area contributed by atoms with E-state index in [2.05, 4.69) is 52.0 Å². The molecule has 4 saturated carbocycles. The standard InChI is InChI=1S/C64H74N4O10/c1-35-21-45-49-23-37(3)63(55(73)33-75-39(5)69,61(49,9)29-53(71)57(45)59(7)27-41-31-65-67(51(41)25-47(35)59)43-17-13-11-14-18-43)77-78-64(56(74)34-76-40(6)70)38(4)24-50-46-22-36(2)48-26-52-42(32-66-68(52)44-19-15-12-16-20-44)28-60(48,8)58(46)54(72)30-62(50,64)10/h11-22,25-26,31-32,37-38,45-46,49-50,53-54,57-58,71-72H,23-24,27-30,33-34H2,1-10H3. The van der Waals surface area contributed by atoms with E-state index in [0.29, 0.717) is 25.7 Å². The van der Waals surface area contributed by atoms with Gasteiger partial charge < -0.3 is 19.7 Å². The van der Waals surface area contributed by atoms with Gasteiger partial charge in [0, 0.05) is 47.3 Å². The number of esters is 2. The van der Waals surface area contributed by atoms with Crippen molar-refractivity contribution in [1.82, 2.24) is 19.6 Å². The van der Waals surface area contributed by atoms with Gasteiger partial charge in [-0.2, -0.15) is 10.2 Å². The lowest BCUT2D eigenvalue weighted by Crippen LogP contribution is -2.67. The summed E-state index contributed by atoms with van der Waals surface area (Å²) in [7, 11) is 0. The third-order valence-electron chi connectivity index (χ3n) is 21.6. The maximum Gasteiger partial charge on any atom is 0.303 e. The van der Waals surface area contributed by atoms with Gasteiger partial charge in [-0.05, 0) is 147 Å². The molecule has 78 heavy (non-hydrogen) atoms. The Morgan fingerprint density at radius 2 is 0.974 bits per heavy atom. The van der Waals surface area contributed by atoms with E-state index < -0.39 is 93.6 Å². The molecule has 8 aliphatic rings. The Hall–Kier alpha value is -6.06. The molecule has 14 heteroatoms. The average molecular weight is 1060 g/mol. The van der Waals surface area contributed by atoms with Crippen molar-refractivity contribution in [2.24, 2.45) is 69.0 Å². The summed E-state index contributed by atoms with van der Waals surface area (Å²) in [6.45, 7) is 18.0. The number of allylic oxidation sites excluding steroid dienone is 6. The molecule has 2 aromatic heterocycles. The summed E-state index contributed by atoms with van der Waals surface area (Å²) in [4.78, 5) is 70.6. The highest BCUT2D eigenvalue weighted by atomic mass is 17.2. The van der Waals surface area contributed by atoms with Gasteiger partial charge in [-0.25, -0.2) is 19.1 Å². The Bertz CT molecular complexity index is 3070. The first kappa shape index (κ1) is 52.6. The molecule has 0 saturated heterocycles. The Kier molecular flexibility index (Phi) is 12.3. The molecule has 4 aromatic rings. The Labute approximate surface area is 456 Å². The van der Waals surface area contributed by atoms with Gasteiger partial charge in [0.2, 0.25) is 11.6 Å². The first-order valence-corrected chi connectivity index (χ1v) is 28.2. The minimum absolute atomic E-state index is 0.154. The predicted octanol–water partition coefficient (Wildman–Crippen LogP) is 9.58. The summed E-state index contributed by atoms with van der Waals surface area (Å²) in [6.07, 6.45) is 13.7. The molecule has 4 fully saturated rings. The summed E-state index contributed by atoms with van der Waals surface area (Å²) in [5.74, 6) is -4.78. The van der Waals surface area contributed by atoms with Crippen molar-refractivity contribution >= 4 is 35.7 Å². The first-order valence-electron chi connectivity index (χ1n) is 28.2. The molecule has 0 spiro atoms. The summed E-state index contributed by atoms with van der Waals surface area (Å²) < 4.78 is 15.1. The molecule has 2 aromatic carbocycles. The smallest absolute Gasteiger partial charge is 0.303 e. The van der Waals surface area contributed by atoms with Crippen LogP contribution in [0.3, 0.4) is 0 Å². The number of para-hydroxylation sites is 2. The zero-order chi connectivity index (χ0) is 55.2. The second kappa shape index (κ2) is 18.2. The van der Waals surface area contributed by atoms with Crippen molar-refractivity contribution in [3.63, 3.8) is 0 Å². The van der Waals surface area contributed by atoms with E-state index in [0.717, 1.165) is 56.2 Å². The number of rotatable bonds is 11. The fourth-order valence-electron chi connectivity index (χ4n) is 18.6. The third kappa shape index (κ3) is 7.20. The number of aliphatic hydroxyl groups excluding tert-OH is 2. The van der Waals surface area contributed by atoms with Crippen LogP contribution in [0.5, 0.6) is 0 Å². The van der Waals surface area contributed by atoms with Gasteiger partial charge in [-0.3, -0.25) is 19.2 Å². The number of ketones is 2. The van der Waals surface area contributed by atoms with E-state index >= 15 is 9.59 Å². The van der Waals surface area contributed by atoms with Crippen LogP contribution in [0.25, 0.3) is 23.5 Å². The normalized spacial score (nSPS) is 38.7. The molecular formula is C64H74N4O10. The van der Waals surface area contributed by atoms with Gasteiger partial charge in [0.15, 0.2) is 24.4 Å². The molecule has 16 unspecified atom stereocenters. The van der Waals surface area contributed by atoms with Crippen molar-refractivity contribution in [2.45, 2.75) is 131 Å². The van der Waals surface area contributed by atoms with Crippen molar-refractivity contribution in [3.8, 4) is 11.4 Å². The number of carbonyl (C=O) groups is 4. The number of aliphatic hydroxyl groups is 2. The minimum atomic E-state index is -1.84. The zero-order valence-corrected chi connectivity index (χ0v) is 46.6. The second-order valence-electron chi connectivity index (χ2n) is 25.7. The predicted molar refractivity (Wildman–Crippen MR) is 291 cm³/mol. The van der Waals surface area contributed by atoms with Crippen LogP contribution in [-0.4, -0.2) is 89.9 Å². The van der Waals surface area contributed by atoms with E-state index in [-0.39, 0.29) is 48.3 Å². The zero-order valence-electron chi connectivity index (χ0n) is 46.6. The molecule has 0 radical (unpaired) electrons. The molecule has 0 aliphatic heterocycles. The molecular weight excluding hydrogens is 985 g/mol. The molecule has 2 N–H and O–H groups in total. The van der Waals surface area contributed by atoms with Crippen LogP contribution in [0, 0.1) is 69.0 Å². The van der Waals surface area contributed by atoms with Gasteiger partial charge in [-0.15, -0.1) is 0 Å². The third-order valence-corrected chi connectivity index (χ3v) is 21.6. The highest BCUT2D eigenvalue weighted by Crippen LogP contribution is 2.72. The molecule has 410 valence electrons. The number of benzene rings is 2. The van der Waals surface area contributed by atoms with Gasteiger partial charge >= 0.3 is 11.9 Å². The second-order valence-corrected chi connectivity index (χ2v) is 25.7. The van der Waals surface area contributed by atoms with Gasteiger partial charge in [0.25, 0.3) is 0 Å². The molecule has 8 aliphatic carbocycles. The van der Waals surface area contributed by atoms with E-state index in [9.17, 15) is 19.8 Å². The molecule has 14 nitrogen and oxygen atoms in total. The Morgan fingerprint density at radius 1 is 0.603 bits per heavy atom.